The first kappa shape index (κ1) is 18.0. The zero-order chi connectivity index (χ0) is 16.7. The quantitative estimate of drug-likeness (QED) is 0.735. The third kappa shape index (κ3) is 6.17. The van der Waals surface area contributed by atoms with Crippen LogP contribution in [-0.2, 0) is 4.79 Å². The molecule has 22 heavy (non-hydrogen) atoms. The highest BCUT2D eigenvalue weighted by atomic mass is 19.2. The lowest BCUT2D eigenvalue weighted by Crippen LogP contribution is -2.87. The number of imide groups is 1. The van der Waals surface area contributed by atoms with Crippen molar-refractivity contribution in [1.29, 1.82) is 0 Å². The van der Waals surface area contributed by atoms with Crippen LogP contribution in [0.1, 0.15) is 32.4 Å². The van der Waals surface area contributed by atoms with Crippen LogP contribution in [0.4, 0.5) is 13.6 Å². The smallest absolute Gasteiger partial charge is 0.321 e. The Kier molecular flexibility index (Phi) is 6.91. The average Bonchev–Trinajstić information content (AvgIpc) is 2.45. The number of rotatable bonds is 6. The van der Waals surface area contributed by atoms with Gasteiger partial charge in [0, 0.05) is 12.1 Å². The van der Waals surface area contributed by atoms with Crippen LogP contribution >= 0.6 is 0 Å². The highest BCUT2D eigenvalue weighted by molar-refractivity contribution is 5.94. The topological polar surface area (TPSA) is 74.8 Å². The van der Waals surface area contributed by atoms with E-state index in [1.165, 1.54) is 6.07 Å². The third-order valence-corrected chi connectivity index (χ3v) is 3.05. The number of hydrogen-bond donors (Lipinski definition) is 3. The Balaban J connectivity index is 2.39. The summed E-state index contributed by atoms with van der Waals surface area (Å²) in [6.45, 7) is 6.14. The van der Waals surface area contributed by atoms with Crippen LogP contribution in [-0.4, -0.2) is 25.0 Å². The summed E-state index contributed by atoms with van der Waals surface area (Å²) in [5, 5.41) is 6.41. The fourth-order valence-corrected chi connectivity index (χ4v) is 1.73. The van der Waals surface area contributed by atoms with E-state index >= 15 is 0 Å². The molecule has 1 aromatic carbocycles. The molecule has 122 valence electrons. The molecule has 0 saturated heterocycles. The molecule has 4 N–H and O–H groups in total. The molecule has 1 atom stereocenters. The van der Waals surface area contributed by atoms with E-state index in [-0.39, 0.29) is 12.6 Å². The molecule has 7 heteroatoms. The van der Waals surface area contributed by atoms with E-state index in [4.69, 9.17) is 0 Å². The number of benzene rings is 1. The molecule has 0 bridgehead atoms. The molecule has 0 saturated carbocycles. The van der Waals surface area contributed by atoms with Gasteiger partial charge in [-0.05, 0) is 31.0 Å². The monoisotopic (exact) mass is 314 g/mol. The summed E-state index contributed by atoms with van der Waals surface area (Å²) in [6, 6.07) is 2.84. The van der Waals surface area contributed by atoms with E-state index in [0.29, 0.717) is 18.0 Å². The predicted molar refractivity (Wildman–Crippen MR) is 77.9 cm³/mol. The number of amides is 3. The van der Waals surface area contributed by atoms with Crippen molar-refractivity contribution in [1.82, 2.24) is 10.6 Å². The minimum absolute atomic E-state index is 0.00919. The normalized spacial score (nSPS) is 12.1. The first-order valence-corrected chi connectivity index (χ1v) is 7.15. The minimum Gasteiger partial charge on any atom is -0.338 e. The fourth-order valence-electron chi connectivity index (χ4n) is 1.73. The minimum atomic E-state index is -0.921. The van der Waals surface area contributed by atoms with E-state index in [2.05, 4.69) is 10.6 Å². The van der Waals surface area contributed by atoms with Crippen LogP contribution in [0.5, 0.6) is 0 Å². The zero-order valence-corrected chi connectivity index (χ0v) is 13.0. The van der Waals surface area contributed by atoms with Gasteiger partial charge in [-0.2, -0.15) is 0 Å². The van der Waals surface area contributed by atoms with Crippen molar-refractivity contribution in [2.24, 2.45) is 5.92 Å². The van der Waals surface area contributed by atoms with Gasteiger partial charge in [-0.3, -0.25) is 10.1 Å². The maximum atomic E-state index is 13.1. The second kappa shape index (κ2) is 8.43. The molecule has 0 aliphatic rings. The van der Waals surface area contributed by atoms with Gasteiger partial charge in [0.05, 0.1) is 0 Å². The highest BCUT2D eigenvalue weighted by Crippen LogP contribution is 2.12. The molecule has 0 unspecified atom stereocenters. The van der Waals surface area contributed by atoms with E-state index in [1.54, 1.807) is 12.2 Å². The molecule has 0 aromatic heterocycles. The van der Waals surface area contributed by atoms with E-state index in [9.17, 15) is 18.4 Å². The van der Waals surface area contributed by atoms with Crippen LogP contribution in [0.2, 0.25) is 0 Å². The second-order valence-corrected chi connectivity index (χ2v) is 5.55. The van der Waals surface area contributed by atoms with Crippen molar-refractivity contribution in [2.75, 3.05) is 13.1 Å². The van der Waals surface area contributed by atoms with Crippen LogP contribution in [0.25, 0.3) is 0 Å². The van der Waals surface area contributed by atoms with Crippen molar-refractivity contribution in [3.05, 3.63) is 35.4 Å². The molecule has 3 amide bonds. The van der Waals surface area contributed by atoms with Crippen molar-refractivity contribution in [2.45, 2.75) is 26.8 Å². The second-order valence-electron chi connectivity index (χ2n) is 5.55. The number of nitrogens with two attached hydrogens (primary N) is 1. The third-order valence-electron chi connectivity index (χ3n) is 3.05. The molecule has 0 aliphatic heterocycles. The van der Waals surface area contributed by atoms with Crippen LogP contribution in [0.15, 0.2) is 18.2 Å². The summed E-state index contributed by atoms with van der Waals surface area (Å²) in [5.74, 6) is -1.98. The lowest BCUT2D eigenvalue weighted by molar-refractivity contribution is -0.682. The van der Waals surface area contributed by atoms with Crippen molar-refractivity contribution in [3.8, 4) is 0 Å². The van der Waals surface area contributed by atoms with Gasteiger partial charge in [0.15, 0.2) is 18.2 Å². The summed E-state index contributed by atoms with van der Waals surface area (Å²) in [5.41, 5.74) is 0.566. The predicted octanol–water partition coefficient (Wildman–Crippen LogP) is 1.07. The first-order chi connectivity index (χ1) is 10.3. The number of carbonyl (C=O) groups excluding carboxylic acids is 2. The van der Waals surface area contributed by atoms with Crippen LogP contribution in [0.3, 0.4) is 0 Å². The molecule has 0 spiro atoms. The van der Waals surface area contributed by atoms with Gasteiger partial charge in [0.2, 0.25) is 0 Å². The summed E-state index contributed by atoms with van der Waals surface area (Å²) >= 11 is 0. The maximum Gasteiger partial charge on any atom is 0.321 e. The van der Waals surface area contributed by atoms with Gasteiger partial charge in [0.1, 0.15) is 6.04 Å². The Morgan fingerprint density at radius 1 is 1.18 bits per heavy atom. The van der Waals surface area contributed by atoms with Gasteiger partial charge in [-0.1, -0.05) is 13.8 Å². The van der Waals surface area contributed by atoms with Gasteiger partial charge in [-0.15, -0.1) is 0 Å². The Bertz CT molecular complexity index is 536. The molecular formula is C15H22F2N3O2+. The van der Waals surface area contributed by atoms with Gasteiger partial charge in [0.25, 0.3) is 5.91 Å². The molecule has 0 heterocycles. The molecule has 5 nitrogen and oxygen atoms in total. The Morgan fingerprint density at radius 3 is 2.45 bits per heavy atom. The maximum absolute atomic E-state index is 13.1. The number of quaternary nitrogens is 1. The number of halogens is 2. The Morgan fingerprint density at radius 2 is 1.86 bits per heavy atom. The summed E-state index contributed by atoms with van der Waals surface area (Å²) in [7, 11) is 0. The molecule has 1 aromatic rings. The molecule has 0 aliphatic carbocycles. The van der Waals surface area contributed by atoms with Crippen molar-refractivity contribution >= 4 is 11.9 Å². The summed E-state index contributed by atoms with van der Waals surface area (Å²) in [4.78, 5) is 23.0. The fraction of sp³-hybridized carbons (Fsp3) is 0.467. The lowest BCUT2D eigenvalue weighted by atomic mass is 10.1. The van der Waals surface area contributed by atoms with Crippen LogP contribution < -0.4 is 16.0 Å². The number of carbonyl (C=O) groups is 2. The summed E-state index contributed by atoms with van der Waals surface area (Å²) in [6.07, 6.45) is 0. The van der Waals surface area contributed by atoms with Crippen molar-refractivity contribution in [3.63, 3.8) is 0 Å². The van der Waals surface area contributed by atoms with Gasteiger partial charge in [-0.25, -0.2) is 13.6 Å². The molecule has 0 radical (unpaired) electrons. The largest absolute Gasteiger partial charge is 0.338 e. The Hall–Kier alpha value is -2.02. The van der Waals surface area contributed by atoms with E-state index in [1.807, 2.05) is 13.8 Å². The number of urea groups is 1. The summed E-state index contributed by atoms with van der Waals surface area (Å²) < 4.78 is 26.0. The van der Waals surface area contributed by atoms with Crippen molar-refractivity contribution < 1.29 is 23.7 Å². The number of hydrogen-bond acceptors (Lipinski definition) is 2. The Labute approximate surface area is 128 Å². The average molecular weight is 314 g/mol. The standard InChI is InChI=1S/C15H21F2N3O2/c1-9(2)7-19-15(22)20-14(21)8-18-10(3)11-4-5-12(16)13(17)6-11/h4-6,9-10,18H,7-8H2,1-3H3,(H2,19,20,21,22)/p+1/t10-/m0/s1. The number of nitrogens with one attached hydrogen (secondary N) is 2. The molecule has 0 fully saturated rings. The first-order valence-electron chi connectivity index (χ1n) is 7.15. The highest BCUT2D eigenvalue weighted by Gasteiger charge is 2.15. The van der Waals surface area contributed by atoms with E-state index < -0.39 is 23.6 Å². The molecule has 1 rings (SSSR count). The van der Waals surface area contributed by atoms with Crippen LogP contribution in [0, 0.1) is 17.6 Å². The van der Waals surface area contributed by atoms with Gasteiger partial charge >= 0.3 is 6.03 Å². The van der Waals surface area contributed by atoms with E-state index in [0.717, 1.165) is 12.1 Å². The zero-order valence-electron chi connectivity index (χ0n) is 13.0. The lowest BCUT2D eigenvalue weighted by Gasteiger charge is -2.12. The molecular weight excluding hydrogens is 292 g/mol. The SMILES string of the molecule is CC(C)CNC(=O)NC(=O)C[NH2+][C@@H](C)c1ccc(F)c(F)c1. The van der Waals surface area contributed by atoms with Gasteiger partial charge < -0.3 is 10.6 Å².